The summed E-state index contributed by atoms with van der Waals surface area (Å²) >= 11 is 0. The van der Waals surface area contributed by atoms with Crippen molar-refractivity contribution in [2.45, 2.75) is 27.2 Å². The van der Waals surface area contributed by atoms with Gasteiger partial charge < -0.3 is 4.90 Å². The van der Waals surface area contributed by atoms with Crippen LogP contribution in [0.3, 0.4) is 0 Å². The molecule has 0 saturated heterocycles. The Morgan fingerprint density at radius 1 is 1.47 bits per heavy atom. The lowest BCUT2D eigenvalue weighted by Crippen LogP contribution is -2.32. The number of hydrogen-bond donors (Lipinski definition) is 0. The van der Waals surface area contributed by atoms with Crippen molar-refractivity contribution in [3.63, 3.8) is 0 Å². The normalized spacial score (nSPS) is 11.7. The highest BCUT2D eigenvalue weighted by Gasteiger charge is 2.21. The topological polar surface area (TPSA) is 44.1 Å². The molecule has 0 fully saturated rings. The van der Waals surface area contributed by atoms with Gasteiger partial charge in [0.15, 0.2) is 0 Å². The van der Waals surface area contributed by atoms with Crippen molar-refractivity contribution >= 4 is 11.6 Å². The Labute approximate surface area is 103 Å². The van der Waals surface area contributed by atoms with Gasteiger partial charge in [-0.1, -0.05) is 19.1 Å². The highest BCUT2D eigenvalue weighted by Crippen LogP contribution is 2.22. The minimum atomic E-state index is -0.556. The molecule has 0 aromatic heterocycles. The van der Waals surface area contributed by atoms with Gasteiger partial charge in [-0.15, -0.1) is 0 Å². The summed E-state index contributed by atoms with van der Waals surface area (Å²) in [5.74, 6) is -0.691. The summed E-state index contributed by atoms with van der Waals surface area (Å²) in [5, 5.41) is 8.92. The Hall–Kier alpha value is -1.82. The van der Waals surface area contributed by atoms with Crippen LogP contribution in [0.15, 0.2) is 18.2 Å². The molecular weight excluding hydrogens is 212 g/mol. The van der Waals surface area contributed by atoms with Crippen molar-refractivity contribution in [3.8, 4) is 6.07 Å². The molecule has 1 aromatic carbocycles. The van der Waals surface area contributed by atoms with Crippen molar-refractivity contribution in [1.29, 1.82) is 5.26 Å². The second-order valence-corrected chi connectivity index (χ2v) is 4.28. The molecule has 1 rings (SSSR count). The molecule has 0 aliphatic heterocycles. The SMILES string of the molecule is CCC(C#N)C(=O)N(C)c1cc(C)ccc1C. The molecule has 0 spiro atoms. The smallest absolute Gasteiger partial charge is 0.244 e. The fraction of sp³-hybridized carbons (Fsp3) is 0.429. The summed E-state index contributed by atoms with van der Waals surface area (Å²) in [6.07, 6.45) is 0.546. The second-order valence-electron chi connectivity index (χ2n) is 4.28. The van der Waals surface area contributed by atoms with Crippen molar-refractivity contribution < 1.29 is 4.79 Å². The maximum absolute atomic E-state index is 12.1. The number of nitrogens with zero attached hydrogens (tertiary/aromatic N) is 2. The van der Waals surface area contributed by atoms with Crippen molar-refractivity contribution in [2.24, 2.45) is 5.92 Å². The third-order valence-corrected chi connectivity index (χ3v) is 2.92. The van der Waals surface area contributed by atoms with E-state index in [1.807, 2.05) is 45.0 Å². The molecule has 1 atom stereocenters. The first kappa shape index (κ1) is 13.2. The van der Waals surface area contributed by atoms with Crippen LogP contribution in [-0.2, 0) is 4.79 Å². The van der Waals surface area contributed by atoms with Gasteiger partial charge in [0.05, 0.1) is 6.07 Å². The summed E-state index contributed by atoms with van der Waals surface area (Å²) in [5.41, 5.74) is 3.03. The lowest BCUT2D eigenvalue weighted by Gasteiger charge is -2.22. The number of benzene rings is 1. The van der Waals surface area contributed by atoms with Crippen LogP contribution >= 0.6 is 0 Å². The van der Waals surface area contributed by atoms with Crippen LogP contribution in [0, 0.1) is 31.1 Å². The predicted molar refractivity (Wildman–Crippen MR) is 68.7 cm³/mol. The summed E-state index contributed by atoms with van der Waals surface area (Å²) in [6.45, 7) is 5.80. The van der Waals surface area contributed by atoms with E-state index in [2.05, 4.69) is 0 Å². The number of hydrogen-bond acceptors (Lipinski definition) is 2. The zero-order valence-corrected chi connectivity index (χ0v) is 10.8. The molecule has 0 bridgehead atoms. The van der Waals surface area contributed by atoms with Crippen LogP contribution in [0.1, 0.15) is 24.5 Å². The number of carbonyl (C=O) groups excluding carboxylic acids is 1. The van der Waals surface area contributed by atoms with E-state index in [1.165, 1.54) is 0 Å². The third kappa shape index (κ3) is 2.85. The van der Waals surface area contributed by atoms with Gasteiger partial charge in [-0.3, -0.25) is 4.79 Å². The van der Waals surface area contributed by atoms with E-state index in [1.54, 1.807) is 11.9 Å². The quantitative estimate of drug-likeness (QED) is 0.801. The van der Waals surface area contributed by atoms with E-state index < -0.39 is 5.92 Å². The summed E-state index contributed by atoms with van der Waals surface area (Å²) in [6, 6.07) is 8.02. The van der Waals surface area contributed by atoms with E-state index in [4.69, 9.17) is 5.26 Å². The molecule has 0 saturated carbocycles. The molecule has 0 radical (unpaired) electrons. The van der Waals surface area contributed by atoms with E-state index in [0.717, 1.165) is 16.8 Å². The molecule has 0 aliphatic rings. The maximum Gasteiger partial charge on any atom is 0.244 e. The first-order valence-corrected chi connectivity index (χ1v) is 5.75. The van der Waals surface area contributed by atoms with Gasteiger partial charge >= 0.3 is 0 Å². The molecule has 1 unspecified atom stereocenters. The van der Waals surface area contributed by atoms with Gasteiger partial charge in [0, 0.05) is 12.7 Å². The Balaban J connectivity index is 3.04. The summed E-state index contributed by atoms with van der Waals surface area (Å²) in [4.78, 5) is 13.7. The van der Waals surface area contributed by atoms with Crippen molar-refractivity contribution in [2.75, 3.05) is 11.9 Å². The molecule has 3 nitrogen and oxygen atoms in total. The number of nitriles is 1. The first-order valence-electron chi connectivity index (χ1n) is 5.75. The summed E-state index contributed by atoms with van der Waals surface area (Å²) in [7, 11) is 1.73. The van der Waals surface area contributed by atoms with Crippen LogP contribution in [0.25, 0.3) is 0 Å². The predicted octanol–water partition coefficient (Wildman–Crippen LogP) is 2.82. The van der Waals surface area contributed by atoms with Crippen LogP contribution in [0.5, 0.6) is 0 Å². The monoisotopic (exact) mass is 230 g/mol. The van der Waals surface area contributed by atoms with Gasteiger partial charge in [0.25, 0.3) is 0 Å². The van der Waals surface area contributed by atoms with Crippen LogP contribution in [0.2, 0.25) is 0 Å². The van der Waals surface area contributed by atoms with Crippen molar-refractivity contribution in [3.05, 3.63) is 29.3 Å². The average Bonchev–Trinajstić information content (AvgIpc) is 2.32. The zero-order chi connectivity index (χ0) is 13.0. The van der Waals surface area contributed by atoms with Gasteiger partial charge in [-0.05, 0) is 37.5 Å². The number of rotatable bonds is 3. The standard InChI is InChI=1S/C14H18N2O/c1-5-12(9-15)14(17)16(4)13-8-10(2)6-7-11(13)3/h6-8,12H,5H2,1-4H3. The molecule has 1 amide bonds. The lowest BCUT2D eigenvalue weighted by atomic mass is 10.1. The molecule has 3 heteroatoms. The fourth-order valence-corrected chi connectivity index (χ4v) is 1.75. The molecule has 90 valence electrons. The van der Waals surface area contributed by atoms with Crippen molar-refractivity contribution in [1.82, 2.24) is 0 Å². The van der Waals surface area contributed by atoms with Gasteiger partial charge in [-0.25, -0.2) is 0 Å². The third-order valence-electron chi connectivity index (χ3n) is 2.92. The molecule has 0 heterocycles. The summed E-state index contributed by atoms with van der Waals surface area (Å²) < 4.78 is 0. The minimum Gasteiger partial charge on any atom is -0.314 e. The Bertz CT molecular complexity index is 460. The molecule has 0 aliphatic carbocycles. The zero-order valence-electron chi connectivity index (χ0n) is 10.8. The second kappa shape index (κ2) is 5.49. The van der Waals surface area contributed by atoms with E-state index in [0.29, 0.717) is 6.42 Å². The number of aryl methyl sites for hydroxylation is 2. The average molecular weight is 230 g/mol. The van der Waals surface area contributed by atoms with Gasteiger partial charge in [0.1, 0.15) is 5.92 Å². The Kier molecular flexibility index (Phi) is 4.28. The lowest BCUT2D eigenvalue weighted by molar-refractivity contribution is -0.120. The Morgan fingerprint density at radius 2 is 2.12 bits per heavy atom. The highest BCUT2D eigenvalue weighted by molar-refractivity contribution is 5.96. The van der Waals surface area contributed by atoms with E-state index >= 15 is 0 Å². The molecule has 0 N–H and O–H groups in total. The van der Waals surface area contributed by atoms with Gasteiger partial charge in [0.2, 0.25) is 5.91 Å². The Morgan fingerprint density at radius 3 is 2.65 bits per heavy atom. The van der Waals surface area contributed by atoms with E-state index in [-0.39, 0.29) is 5.91 Å². The largest absolute Gasteiger partial charge is 0.314 e. The molecular formula is C14H18N2O. The molecule has 17 heavy (non-hydrogen) atoms. The number of amides is 1. The van der Waals surface area contributed by atoms with Gasteiger partial charge in [-0.2, -0.15) is 5.26 Å². The highest BCUT2D eigenvalue weighted by atomic mass is 16.2. The van der Waals surface area contributed by atoms with E-state index in [9.17, 15) is 4.79 Å². The van der Waals surface area contributed by atoms with Crippen LogP contribution in [0.4, 0.5) is 5.69 Å². The number of carbonyl (C=O) groups is 1. The molecule has 1 aromatic rings. The minimum absolute atomic E-state index is 0.135. The number of anilines is 1. The first-order chi connectivity index (χ1) is 8.01. The van der Waals surface area contributed by atoms with Crippen LogP contribution in [-0.4, -0.2) is 13.0 Å². The fourth-order valence-electron chi connectivity index (χ4n) is 1.75. The maximum atomic E-state index is 12.1. The van der Waals surface area contributed by atoms with Crippen LogP contribution < -0.4 is 4.90 Å².